The molecule has 0 radical (unpaired) electrons. The Kier molecular flexibility index (Phi) is 4.10. The van der Waals surface area contributed by atoms with Crippen molar-refractivity contribution >= 4 is 11.8 Å². The van der Waals surface area contributed by atoms with Gasteiger partial charge in [-0.25, -0.2) is 0 Å². The lowest BCUT2D eigenvalue weighted by Crippen LogP contribution is -1.59. The molecule has 0 aliphatic rings. The van der Waals surface area contributed by atoms with Gasteiger partial charge in [-0.05, 0) is 17.7 Å². The fourth-order valence-corrected chi connectivity index (χ4v) is 0.530. The minimum atomic E-state index is 0.718. The summed E-state index contributed by atoms with van der Waals surface area (Å²) in [6, 6.07) is 1.99. The fraction of sp³-hybridized carbons (Fsp3) is 0.167. The summed E-state index contributed by atoms with van der Waals surface area (Å²) in [6.45, 7) is 5.24. The van der Waals surface area contributed by atoms with Gasteiger partial charge in [-0.15, -0.1) is 11.8 Å². The molecule has 0 unspecified atom stereocenters. The van der Waals surface area contributed by atoms with Crippen LogP contribution in [0.2, 0.25) is 0 Å². The summed E-state index contributed by atoms with van der Waals surface area (Å²) < 4.78 is 0. The number of hydrogen-bond donors (Lipinski definition) is 0. The molecule has 2 heteroatoms. The zero-order chi connectivity index (χ0) is 6.41. The fourth-order valence-electron chi connectivity index (χ4n) is 0.177. The molecule has 0 fully saturated rings. The van der Waals surface area contributed by atoms with Crippen LogP contribution in [0.15, 0.2) is 23.0 Å². The summed E-state index contributed by atoms with van der Waals surface area (Å²) in [5.74, 6) is 0. The average Bonchev–Trinajstić information content (AvgIpc) is 1.83. The molecule has 0 aromatic heterocycles. The first-order valence-corrected chi connectivity index (χ1v) is 3.08. The Morgan fingerprint density at radius 3 is 2.88 bits per heavy atom. The standard InChI is InChI=1S/C6H7NS/c1-3-8-5-6(2)4-7/h3,5H,1H2,2H3/b6-5+. The topological polar surface area (TPSA) is 23.8 Å². The molecule has 0 saturated carbocycles. The van der Waals surface area contributed by atoms with Gasteiger partial charge < -0.3 is 0 Å². The Labute approximate surface area is 53.7 Å². The molecule has 0 bridgehead atoms. The Bertz CT molecular complexity index is 141. The second-order valence-electron chi connectivity index (χ2n) is 1.22. The molecule has 0 aromatic carbocycles. The summed E-state index contributed by atoms with van der Waals surface area (Å²) in [7, 11) is 0. The van der Waals surface area contributed by atoms with Gasteiger partial charge in [0.05, 0.1) is 6.07 Å². The molecule has 0 N–H and O–H groups in total. The Morgan fingerprint density at radius 1 is 1.88 bits per heavy atom. The third-order valence-electron chi connectivity index (χ3n) is 0.517. The van der Waals surface area contributed by atoms with E-state index in [1.54, 1.807) is 17.7 Å². The second kappa shape index (κ2) is 4.48. The first kappa shape index (κ1) is 7.32. The van der Waals surface area contributed by atoms with Crippen molar-refractivity contribution in [3.63, 3.8) is 0 Å². The van der Waals surface area contributed by atoms with Gasteiger partial charge in [0.25, 0.3) is 0 Å². The van der Waals surface area contributed by atoms with Crippen molar-refractivity contribution in [3.8, 4) is 6.07 Å². The number of thioether (sulfide) groups is 1. The summed E-state index contributed by atoms with van der Waals surface area (Å²) >= 11 is 1.42. The van der Waals surface area contributed by atoms with Crippen molar-refractivity contribution in [1.82, 2.24) is 0 Å². The SMILES string of the molecule is C=CS/C=C(\C)C#N. The predicted molar refractivity (Wildman–Crippen MR) is 37.2 cm³/mol. The number of rotatable bonds is 2. The van der Waals surface area contributed by atoms with Gasteiger partial charge in [0.1, 0.15) is 0 Å². The molecule has 0 aromatic rings. The van der Waals surface area contributed by atoms with Crippen LogP contribution in [0.3, 0.4) is 0 Å². The quantitative estimate of drug-likeness (QED) is 0.529. The molecule has 0 rings (SSSR count). The van der Waals surface area contributed by atoms with Crippen LogP contribution in [0.5, 0.6) is 0 Å². The molecule has 0 aliphatic carbocycles. The highest BCUT2D eigenvalue weighted by molar-refractivity contribution is 8.04. The van der Waals surface area contributed by atoms with Gasteiger partial charge in [-0.1, -0.05) is 6.58 Å². The second-order valence-corrected chi connectivity index (χ2v) is 2.06. The highest BCUT2D eigenvalue weighted by Crippen LogP contribution is 2.05. The van der Waals surface area contributed by atoms with E-state index in [9.17, 15) is 0 Å². The summed E-state index contributed by atoms with van der Waals surface area (Å²) in [5, 5.41) is 11.6. The van der Waals surface area contributed by atoms with Gasteiger partial charge >= 0.3 is 0 Å². The van der Waals surface area contributed by atoms with Gasteiger partial charge in [-0.3, -0.25) is 0 Å². The zero-order valence-corrected chi connectivity index (χ0v) is 5.53. The molecule has 42 valence electrons. The minimum absolute atomic E-state index is 0.718. The summed E-state index contributed by atoms with van der Waals surface area (Å²) in [5.41, 5.74) is 0.718. The van der Waals surface area contributed by atoms with Crippen molar-refractivity contribution < 1.29 is 0 Å². The van der Waals surface area contributed by atoms with E-state index in [4.69, 9.17) is 5.26 Å². The Hall–Kier alpha value is -0.680. The van der Waals surface area contributed by atoms with E-state index in [0.717, 1.165) is 5.57 Å². The van der Waals surface area contributed by atoms with E-state index in [0.29, 0.717) is 0 Å². The zero-order valence-electron chi connectivity index (χ0n) is 4.72. The Balaban J connectivity index is 3.61. The highest BCUT2D eigenvalue weighted by atomic mass is 32.2. The Morgan fingerprint density at radius 2 is 2.50 bits per heavy atom. The number of nitriles is 1. The maximum atomic E-state index is 8.20. The number of allylic oxidation sites excluding steroid dienone is 1. The van der Waals surface area contributed by atoms with Crippen LogP contribution in [-0.4, -0.2) is 0 Å². The van der Waals surface area contributed by atoms with Crippen LogP contribution in [0.1, 0.15) is 6.92 Å². The van der Waals surface area contributed by atoms with Crippen LogP contribution in [0.25, 0.3) is 0 Å². The van der Waals surface area contributed by atoms with E-state index in [-0.39, 0.29) is 0 Å². The van der Waals surface area contributed by atoms with Crippen LogP contribution in [0.4, 0.5) is 0 Å². The summed E-state index contributed by atoms with van der Waals surface area (Å²) in [4.78, 5) is 0. The van der Waals surface area contributed by atoms with Crippen molar-refractivity contribution in [1.29, 1.82) is 5.26 Å². The lowest BCUT2D eigenvalue weighted by atomic mass is 10.4. The smallest absolute Gasteiger partial charge is 0.0949 e. The normalized spacial score (nSPS) is 10.2. The van der Waals surface area contributed by atoms with Gasteiger partial charge in [-0.2, -0.15) is 5.26 Å². The molecule has 0 amide bonds. The van der Waals surface area contributed by atoms with Crippen molar-refractivity contribution in [2.75, 3.05) is 0 Å². The molecule has 8 heavy (non-hydrogen) atoms. The number of hydrogen-bond acceptors (Lipinski definition) is 2. The third-order valence-corrected chi connectivity index (χ3v) is 1.20. The van der Waals surface area contributed by atoms with Crippen molar-refractivity contribution in [2.45, 2.75) is 6.92 Å². The van der Waals surface area contributed by atoms with Crippen LogP contribution in [0, 0.1) is 11.3 Å². The molecular formula is C6H7NS. The molecule has 0 spiro atoms. The van der Waals surface area contributed by atoms with E-state index < -0.39 is 0 Å². The third kappa shape index (κ3) is 3.51. The molecule has 1 nitrogen and oxygen atoms in total. The van der Waals surface area contributed by atoms with Crippen LogP contribution in [-0.2, 0) is 0 Å². The molecule has 0 saturated heterocycles. The largest absolute Gasteiger partial charge is 0.193 e. The molecule has 0 atom stereocenters. The molecule has 0 aliphatic heterocycles. The monoisotopic (exact) mass is 125 g/mol. The van der Waals surface area contributed by atoms with Crippen LogP contribution < -0.4 is 0 Å². The van der Waals surface area contributed by atoms with Gasteiger partial charge in [0.15, 0.2) is 0 Å². The minimum Gasteiger partial charge on any atom is -0.193 e. The highest BCUT2D eigenvalue weighted by Gasteiger charge is 1.77. The first-order chi connectivity index (χ1) is 3.81. The predicted octanol–water partition coefficient (Wildman–Crippen LogP) is 2.29. The van der Waals surface area contributed by atoms with Crippen LogP contribution >= 0.6 is 11.8 Å². The van der Waals surface area contributed by atoms with Crippen molar-refractivity contribution in [2.24, 2.45) is 0 Å². The van der Waals surface area contributed by atoms with E-state index in [1.807, 2.05) is 6.07 Å². The first-order valence-electron chi connectivity index (χ1n) is 2.14. The van der Waals surface area contributed by atoms with Gasteiger partial charge in [0, 0.05) is 5.57 Å². The maximum Gasteiger partial charge on any atom is 0.0949 e. The van der Waals surface area contributed by atoms with Crippen molar-refractivity contribution in [3.05, 3.63) is 23.0 Å². The van der Waals surface area contributed by atoms with E-state index >= 15 is 0 Å². The average molecular weight is 125 g/mol. The maximum absolute atomic E-state index is 8.20. The van der Waals surface area contributed by atoms with Gasteiger partial charge in [0.2, 0.25) is 0 Å². The lowest BCUT2D eigenvalue weighted by Gasteiger charge is -1.78. The molecular weight excluding hydrogens is 118 g/mol. The van der Waals surface area contributed by atoms with E-state index in [1.165, 1.54) is 11.8 Å². The molecule has 0 heterocycles. The number of nitrogens with zero attached hydrogens (tertiary/aromatic N) is 1. The summed E-state index contributed by atoms with van der Waals surface area (Å²) in [6.07, 6.45) is 0. The lowest BCUT2D eigenvalue weighted by molar-refractivity contribution is 1.46. The van der Waals surface area contributed by atoms with E-state index in [2.05, 4.69) is 6.58 Å².